The van der Waals surface area contributed by atoms with Crippen LogP contribution in [0, 0.1) is 17.6 Å². The maximum Gasteiger partial charge on any atom is 0.144 e. The third-order valence-corrected chi connectivity index (χ3v) is 4.40. The lowest BCUT2D eigenvalue weighted by Crippen LogP contribution is -2.39. The van der Waals surface area contributed by atoms with Crippen LogP contribution >= 0.6 is 15.9 Å². The largest absolute Gasteiger partial charge is 0.313 e. The van der Waals surface area contributed by atoms with Crippen LogP contribution in [0.25, 0.3) is 0 Å². The second kappa shape index (κ2) is 7.65. The third-order valence-electron chi connectivity index (χ3n) is 3.78. The second-order valence-corrected chi connectivity index (χ2v) is 7.06. The average molecular weight is 361 g/mol. The van der Waals surface area contributed by atoms with Gasteiger partial charge >= 0.3 is 0 Å². The molecule has 1 fully saturated rings. The van der Waals surface area contributed by atoms with Crippen LogP contribution in [-0.2, 0) is 6.54 Å². The summed E-state index contributed by atoms with van der Waals surface area (Å²) in [5, 5.41) is 3.45. The molecule has 0 spiro atoms. The predicted molar refractivity (Wildman–Crippen MR) is 85.2 cm³/mol. The zero-order valence-electron chi connectivity index (χ0n) is 12.6. The van der Waals surface area contributed by atoms with Crippen molar-refractivity contribution in [3.05, 3.63) is 33.8 Å². The molecule has 1 atom stereocenters. The molecule has 1 aliphatic heterocycles. The summed E-state index contributed by atoms with van der Waals surface area (Å²) in [7, 11) is 0. The topological polar surface area (TPSA) is 15.3 Å². The molecule has 1 saturated heterocycles. The molecule has 0 aromatic heterocycles. The molecule has 0 amide bonds. The quantitative estimate of drug-likeness (QED) is 0.773. The van der Waals surface area contributed by atoms with E-state index < -0.39 is 11.6 Å². The zero-order chi connectivity index (χ0) is 15.4. The van der Waals surface area contributed by atoms with Gasteiger partial charge in [-0.15, -0.1) is 0 Å². The fourth-order valence-corrected chi connectivity index (χ4v) is 3.25. The van der Waals surface area contributed by atoms with Crippen LogP contribution in [0.15, 0.2) is 16.6 Å². The molecule has 0 aliphatic carbocycles. The number of rotatable bonds is 6. The van der Waals surface area contributed by atoms with E-state index in [9.17, 15) is 8.78 Å². The number of benzene rings is 1. The highest BCUT2D eigenvalue weighted by molar-refractivity contribution is 9.10. The van der Waals surface area contributed by atoms with E-state index >= 15 is 0 Å². The molecule has 1 aliphatic rings. The van der Waals surface area contributed by atoms with Crippen LogP contribution in [0.5, 0.6) is 0 Å². The van der Waals surface area contributed by atoms with Crippen LogP contribution in [-0.4, -0.2) is 30.6 Å². The number of hydrogen-bond acceptors (Lipinski definition) is 2. The normalized spacial score (nSPS) is 18.9. The summed E-state index contributed by atoms with van der Waals surface area (Å²) < 4.78 is 28.4. The van der Waals surface area contributed by atoms with Gasteiger partial charge in [-0.25, -0.2) is 8.78 Å². The van der Waals surface area contributed by atoms with Crippen LogP contribution in [0.4, 0.5) is 8.78 Å². The third kappa shape index (κ3) is 4.73. The highest BCUT2D eigenvalue weighted by atomic mass is 79.9. The number of nitrogens with zero attached hydrogens (tertiary/aromatic N) is 1. The van der Waals surface area contributed by atoms with E-state index in [2.05, 4.69) is 40.0 Å². The Balaban J connectivity index is 2.12. The molecule has 2 rings (SSSR count). The van der Waals surface area contributed by atoms with Crippen LogP contribution in [0.1, 0.15) is 32.3 Å². The van der Waals surface area contributed by atoms with Crippen molar-refractivity contribution in [2.45, 2.75) is 39.3 Å². The highest BCUT2D eigenvalue weighted by Crippen LogP contribution is 2.23. The van der Waals surface area contributed by atoms with E-state index in [-0.39, 0.29) is 5.56 Å². The maximum absolute atomic E-state index is 14.1. The summed E-state index contributed by atoms with van der Waals surface area (Å²) in [6.07, 6.45) is 2.32. The Kier molecular flexibility index (Phi) is 6.14. The van der Waals surface area contributed by atoms with Gasteiger partial charge in [-0.1, -0.05) is 13.8 Å². The SMILES string of the molecule is CC(C)CN(Cc1c(F)ccc(Br)c1F)CC1CCCN1. The van der Waals surface area contributed by atoms with Gasteiger partial charge < -0.3 is 5.32 Å². The van der Waals surface area contributed by atoms with Crippen molar-refractivity contribution in [1.82, 2.24) is 10.2 Å². The molecule has 1 heterocycles. The monoisotopic (exact) mass is 360 g/mol. The fraction of sp³-hybridized carbons (Fsp3) is 0.625. The average Bonchev–Trinajstić information content (AvgIpc) is 2.91. The van der Waals surface area contributed by atoms with Crippen molar-refractivity contribution in [3.8, 4) is 0 Å². The number of halogens is 3. The molecule has 1 unspecified atom stereocenters. The van der Waals surface area contributed by atoms with E-state index in [1.54, 1.807) is 0 Å². The van der Waals surface area contributed by atoms with E-state index in [4.69, 9.17) is 0 Å². The van der Waals surface area contributed by atoms with Crippen molar-refractivity contribution >= 4 is 15.9 Å². The summed E-state index contributed by atoms with van der Waals surface area (Å²) in [6, 6.07) is 3.17. The summed E-state index contributed by atoms with van der Waals surface area (Å²) in [5.41, 5.74) is 0.156. The first-order valence-corrected chi connectivity index (χ1v) is 8.34. The molecular weight excluding hydrogens is 338 g/mol. The van der Waals surface area contributed by atoms with Gasteiger partial charge in [-0.2, -0.15) is 0 Å². The van der Waals surface area contributed by atoms with Gasteiger partial charge in [0.25, 0.3) is 0 Å². The first kappa shape index (κ1) is 16.8. The fourth-order valence-electron chi connectivity index (χ4n) is 2.88. The highest BCUT2D eigenvalue weighted by Gasteiger charge is 2.21. The maximum atomic E-state index is 14.1. The predicted octanol–water partition coefficient (Wildman–Crippen LogP) is 3.94. The van der Waals surface area contributed by atoms with Gasteiger partial charge in [0.2, 0.25) is 0 Å². The molecule has 1 N–H and O–H groups in total. The summed E-state index contributed by atoms with van der Waals surface area (Å²) in [5.74, 6) is -0.489. The Labute approximate surface area is 134 Å². The molecule has 1 aromatic carbocycles. The summed E-state index contributed by atoms with van der Waals surface area (Å²) in [4.78, 5) is 2.15. The Morgan fingerprint density at radius 1 is 1.38 bits per heavy atom. The van der Waals surface area contributed by atoms with Gasteiger partial charge in [0.05, 0.1) is 4.47 Å². The molecule has 0 saturated carbocycles. The van der Waals surface area contributed by atoms with Crippen LogP contribution in [0.3, 0.4) is 0 Å². The summed E-state index contributed by atoms with van der Waals surface area (Å²) >= 11 is 3.14. The molecule has 1 aromatic rings. The van der Waals surface area contributed by atoms with Gasteiger partial charge in [0.1, 0.15) is 11.6 Å². The van der Waals surface area contributed by atoms with Crippen molar-refractivity contribution in [2.24, 2.45) is 5.92 Å². The Morgan fingerprint density at radius 3 is 2.76 bits per heavy atom. The first-order chi connectivity index (χ1) is 9.97. The van der Waals surface area contributed by atoms with Gasteiger partial charge in [-0.3, -0.25) is 4.90 Å². The molecular formula is C16H23BrF2N2. The molecule has 118 valence electrons. The Morgan fingerprint density at radius 2 is 2.14 bits per heavy atom. The van der Waals surface area contributed by atoms with Crippen LogP contribution in [0.2, 0.25) is 0 Å². The molecule has 0 bridgehead atoms. The minimum Gasteiger partial charge on any atom is -0.313 e. The van der Waals surface area contributed by atoms with Crippen molar-refractivity contribution in [1.29, 1.82) is 0 Å². The number of nitrogens with one attached hydrogen (secondary N) is 1. The van der Waals surface area contributed by atoms with E-state index in [0.29, 0.717) is 23.0 Å². The zero-order valence-corrected chi connectivity index (χ0v) is 14.2. The van der Waals surface area contributed by atoms with Gasteiger partial charge in [-0.05, 0) is 53.4 Å². The van der Waals surface area contributed by atoms with Crippen molar-refractivity contribution in [3.63, 3.8) is 0 Å². The van der Waals surface area contributed by atoms with E-state index in [0.717, 1.165) is 26.1 Å². The van der Waals surface area contributed by atoms with Crippen LogP contribution < -0.4 is 5.32 Å². The van der Waals surface area contributed by atoms with Gasteiger partial charge in [0.15, 0.2) is 0 Å². The van der Waals surface area contributed by atoms with Gasteiger partial charge in [0, 0.05) is 31.2 Å². The Bertz CT molecular complexity index is 474. The lowest BCUT2D eigenvalue weighted by Gasteiger charge is -2.27. The summed E-state index contributed by atoms with van der Waals surface area (Å²) in [6.45, 7) is 7.28. The lowest BCUT2D eigenvalue weighted by molar-refractivity contribution is 0.210. The molecule has 21 heavy (non-hydrogen) atoms. The standard InChI is InChI=1S/C16H23BrF2N2/c1-11(2)8-21(9-12-4-3-7-20-12)10-13-15(18)6-5-14(17)16(13)19/h5-6,11-12,20H,3-4,7-10H2,1-2H3. The minimum absolute atomic E-state index is 0.156. The smallest absolute Gasteiger partial charge is 0.144 e. The molecule has 5 heteroatoms. The molecule has 2 nitrogen and oxygen atoms in total. The minimum atomic E-state index is -0.483. The second-order valence-electron chi connectivity index (χ2n) is 6.20. The first-order valence-electron chi connectivity index (χ1n) is 7.55. The van der Waals surface area contributed by atoms with E-state index in [1.165, 1.54) is 18.6 Å². The molecule has 0 radical (unpaired) electrons. The Hall–Kier alpha value is -0.520. The lowest BCUT2D eigenvalue weighted by atomic mass is 10.1. The van der Waals surface area contributed by atoms with Crippen molar-refractivity contribution in [2.75, 3.05) is 19.6 Å². The van der Waals surface area contributed by atoms with Crippen molar-refractivity contribution < 1.29 is 8.78 Å². The number of hydrogen-bond donors (Lipinski definition) is 1. The van der Waals surface area contributed by atoms with E-state index in [1.807, 2.05) is 0 Å².